The van der Waals surface area contributed by atoms with Crippen LogP contribution in [-0.2, 0) is 0 Å². The van der Waals surface area contributed by atoms with Crippen molar-refractivity contribution >= 4 is 11.5 Å². The van der Waals surface area contributed by atoms with Gasteiger partial charge in [-0.1, -0.05) is 6.92 Å². The Kier molecular flexibility index (Phi) is 4.15. The summed E-state index contributed by atoms with van der Waals surface area (Å²) in [7, 11) is 0. The van der Waals surface area contributed by atoms with Crippen molar-refractivity contribution in [2.45, 2.75) is 19.8 Å². The highest BCUT2D eigenvalue weighted by Crippen LogP contribution is 2.28. The van der Waals surface area contributed by atoms with Crippen LogP contribution in [0.1, 0.15) is 25.3 Å². The molecule has 106 valence electrons. The third-order valence-electron chi connectivity index (χ3n) is 3.70. The van der Waals surface area contributed by atoms with Gasteiger partial charge in [-0.3, -0.25) is 10.1 Å². The Hall–Kier alpha value is -2.20. The molecule has 2 rings (SSSR count). The number of nitriles is 1. The summed E-state index contributed by atoms with van der Waals surface area (Å²) in [5.74, 6) is 0.415. The zero-order chi connectivity index (χ0) is 14.6. The van der Waals surface area contributed by atoms with E-state index in [9.17, 15) is 10.1 Å². The average molecular weight is 275 g/mol. The van der Waals surface area contributed by atoms with E-state index in [-0.39, 0.29) is 16.7 Å². The van der Waals surface area contributed by atoms with Gasteiger partial charge >= 0.3 is 0 Å². The highest BCUT2D eigenvalue weighted by atomic mass is 16.6. The topological polar surface area (TPSA) is 104 Å². The standard InChI is InChI=1S/C13H17N5O2/c1-13(2-4-15-5-3-13)9-17-12-10(7-14)6-11(8-16-12)18(19)20/h6,8,15H,2-5,9H2,1H3,(H,16,17). The molecular formula is C13H17N5O2. The van der Waals surface area contributed by atoms with Crippen molar-refractivity contribution in [3.05, 3.63) is 27.9 Å². The third-order valence-corrected chi connectivity index (χ3v) is 3.70. The van der Waals surface area contributed by atoms with Gasteiger partial charge in [0, 0.05) is 12.6 Å². The Labute approximate surface area is 117 Å². The van der Waals surface area contributed by atoms with Gasteiger partial charge < -0.3 is 10.6 Å². The number of pyridine rings is 1. The molecule has 1 aromatic rings. The number of nitrogens with zero attached hydrogens (tertiary/aromatic N) is 3. The van der Waals surface area contributed by atoms with Gasteiger partial charge in [-0.15, -0.1) is 0 Å². The summed E-state index contributed by atoms with van der Waals surface area (Å²) >= 11 is 0. The summed E-state index contributed by atoms with van der Waals surface area (Å²) in [6, 6.07) is 3.20. The fraction of sp³-hybridized carbons (Fsp3) is 0.538. The van der Waals surface area contributed by atoms with E-state index in [2.05, 4.69) is 22.5 Å². The monoisotopic (exact) mass is 275 g/mol. The zero-order valence-electron chi connectivity index (χ0n) is 11.3. The van der Waals surface area contributed by atoms with Crippen molar-refractivity contribution in [1.29, 1.82) is 5.26 Å². The maximum absolute atomic E-state index is 10.7. The number of hydrogen-bond acceptors (Lipinski definition) is 6. The minimum absolute atomic E-state index is 0.154. The van der Waals surface area contributed by atoms with Gasteiger partial charge in [0.2, 0.25) is 0 Å². The maximum atomic E-state index is 10.7. The number of nitrogens with one attached hydrogen (secondary N) is 2. The largest absolute Gasteiger partial charge is 0.368 e. The summed E-state index contributed by atoms with van der Waals surface area (Å²) in [5.41, 5.74) is 0.193. The van der Waals surface area contributed by atoms with Crippen LogP contribution in [0.3, 0.4) is 0 Å². The molecule has 1 aliphatic heterocycles. The lowest BCUT2D eigenvalue weighted by Gasteiger charge is -2.34. The highest BCUT2D eigenvalue weighted by molar-refractivity contribution is 5.55. The summed E-state index contributed by atoms with van der Waals surface area (Å²) in [4.78, 5) is 14.1. The predicted molar refractivity (Wildman–Crippen MR) is 74.3 cm³/mol. The molecule has 1 aromatic heterocycles. The summed E-state index contributed by atoms with van der Waals surface area (Å²) in [6.45, 7) is 4.86. The molecule has 1 aliphatic rings. The summed E-state index contributed by atoms with van der Waals surface area (Å²) in [5, 5.41) is 26.2. The van der Waals surface area contributed by atoms with E-state index in [0.717, 1.165) is 25.9 Å². The molecule has 0 spiro atoms. The third kappa shape index (κ3) is 3.22. The second-order valence-corrected chi connectivity index (χ2v) is 5.37. The lowest BCUT2D eigenvalue weighted by molar-refractivity contribution is -0.385. The molecule has 7 nitrogen and oxygen atoms in total. The molecule has 2 heterocycles. The van der Waals surface area contributed by atoms with Gasteiger partial charge in [0.1, 0.15) is 23.6 Å². The Morgan fingerprint density at radius 3 is 2.90 bits per heavy atom. The number of anilines is 1. The maximum Gasteiger partial charge on any atom is 0.289 e. The van der Waals surface area contributed by atoms with Crippen molar-refractivity contribution in [3.63, 3.8) is 0 Å². The Morgan fingerprint density at radius 2 is 2.30 bits per heavy atom. The normalized spacial score (nSPS) is 17.2. The van der Waals surface area contributed by atoms with Gasteiger partial charge in [0.25, 0.3) is 5.69 Å². The van der Waals surface area contributed by atoms with Gasteiger partial charge in [-0.2, -0.15) is 5.26 Å². The molecule has 1 saturated heterocycles. The number of aromatic nitrogens is 1. The van der Waals surface area contributed by atoms with Crippen LogP contribution < -0.4 is 10.6 Å². The zero-order valence-corrected chi connectivity index (χ0v) is 11.3. The van der Waals surface area contributed by atoms with E-state index < -0.39 is 4.92 Å². The van der Waals surface area contributed by atoms with Gasteiger partial charge in [0.05, 0.1) is 4.92 Å². The van der Waals surface area contributed by atoms with Crippen molar-refractivity contribution in [2.24, 2.45) is 5.41 Å². The number of piperidine rings is 1. The van der Waals surface area contributed by atoms with Crippen LogP contribution in [-0.4, -0.2) is 29.5 Å². The molecule has 0 amide bonds. The fourth-order valence-corrected chi connectivity index (χ4v) is 2.28. The summed E-state index contributed by atoms with van der Waals surface area (Å²) in [6.07, 6.45) is 3.28. The van der Waals surface area contributed by atoms with Gasteiger partial charge in [-0.05, 0) is 31.3 Å². The molecule has 1 fully saturated rings. The molecule has 0 aromatic carbocycles. The smallest absolute Gasteiger partial charge is 0.289 e. The molecule has 0 unspecified atom stereocenters. The Morgan fingerprint density at radius 1 is 1.60 bits per heavy atom. The molecule has 20 heavy (non-hydrogen) atoms. The number of rotatable bonds is 4. The fourth-order valence-electron chi connectivity index (χ4n) is 2.28. The Balaban J connectivity index is 2.09. The van der Waals surface area contributed by atoms with E-state index in [1.54, 1.807) is 0 Å². The Bertz CT molecular complexity index is 546. The van der Waals surface area contributed by atoms with Crippen molar-refractivity contribution < 1.29 is 4.92 Å². The van der Waals surface area contributed by atoms with E-state index in [0.29, 0.717) is 12.4 Å². The quantitative estimate of drug-likeness (QED) is 0.639. The molecule has 0 aliphatic carbocycles. The highest BCUT2D eigenvalue weighted by Gasteiger charge is 2.26. The minimum atomic E-state index is -0.550. The van der Waals surface area contributed by atoms with Crippen LogP contribution in [0.25, 0.3) is 0 Å². The molecular weight excluding hydrogens is 258 g/mol. The van der Waals surface area contributed by atoms with Crippen LogP contribution in [0.15, 0.2) is 12.3 Å². The molecule has 0 bridgehead atoms. The van der Waals surface area contributed by atoms with Crippen molar-refractivity contribution in [3.8, 4) is 6.07 Å². The molecule has 0 atom stereocenters. The predicted octanol–water partition coefficient (Wildman–Crippen LogP) is 1.66. The first kappa shape index (κ1) is 14.2. The van der Waals surface area contributed by atoms with Crippen LogP contribution >= 0.6 is 0 Å². The van der Waals surface area contributed by atoms with Gasteiger partial charge in [0.15, 0.2) is 0 Å². The van der Waals surface area contributed by atoms with E-state index in [1.807, 2.05) is 6.07 Å². The van der Waals surface area contributed by atoms with Crippen LogP contribution in [0, 0.1) is 26.9 Å². The number of nitro groups is 1. The van der Waals surface area contributed by atoms with Crippen molar-refractivity contribution in [1.82, 2.24) is 10.3 Å². The second kappa shape index (κ2) is 5.84. The molecule has 7 heteroatoms. The lowest BCUT2D eigenvalue weighted by atomic mass is 9.81. The van der Waals surface area contributed by atoms with E-state index in [4.69, 9.17) is 5.26 Å². The number of hydrogen-bond donors (Lipinski definition) is 2. The van der Waals surface area contributed by atoms with Crippen LogP contribution in [0.2, 0.25) is 0 Å². The van der Waals surface area contributed by atoms with E-state index in [1.165, 1.54) is 12.3 Å². The summed E-state index contributed by atoms with van der Waals surface area (Å²) < 4.78 is 0. The molecule has 0 radical (unpaired) electrons. The first-order valence-electron chi connectivity index (χ1n) is 6.53. The molecule has 0 saturated carbocycles. The molecule has 2 N–H and O–H groups in total. The van der Waals surface area contributed by atoms with E-state index >= 15 is 0 Å². The van der Waals surface area contributed by atoms with Crippen molar-refractivity contribution in [2.75, 3.05) is 25.0 Å². The van der Waals surface area contributed by atoms with Crippen LogP contribution in [0.4, 0.5) is 11.5 Å². The van der Waals surface area contributed by atoms with Crippen LogP contribution in [0.5, 0.6) is 0 Å². The first-order chi connectivity index (χ1) is 9.54. The van der Waals surface area contributed by atoms with Gasteiger partial charge in [-0.25, -0.2) is 4.98 Å². The SMILES string of the molecule is CC1(CNc2ncc([N+](=O)[O-])cc2C#N)CCNCC1. The average Bonchev–Trinajstić information content (AvgIpc) is 2.45. The minimum Gasteiger partial charge on any atom is -0.368 e. The lowest BCUT2D eigenvalue weighted by Crippen LogP contribution is -2.39. The second-order valence-electron chi connectivity index (χ2n) is 5.37. The first-order valence-corrected chi connectivity index (χ1v) is 6.53.